The highest BCUT2D eigenvalue weighted by molar-refractivity contribution is 6.45. The van der Waals surface area contributed by atoms with Crippen LogP contribution in [0.25, 0.3) is 21.9 Å². The lowest BCUT2D eigenvalue weighted by Gasteiger charge is -1.94. The molecule has 0 aliphatic carbocycles. The second-order valence-corrected chi connectivity index (χ2v) is 4.31. The van der Waals surface area contributed by atoms with Crippen molar-refractivity contribution in [1.29, 1.82) is 0 Å². The molecule has 2 nitrogen and oxygen atoms in total. The van der Waals surface area contributed by atoms with Crippen molar-refractivity contribution in [2.75, 3.05) is 0 Å². The van der Waals surface area contributed by atoms with Crippen molar-refractivity contribution >= 4 is 45.1 Å². The molecule has 0 bridgehead atoms. The maximum atomic E-state index is 9.43. The van der Waals surface area contributed by atoms with Gasteiger partial charge < -0.3 is 9.52 Å². The summed E-state index contributed by atoms with van der Waals surface area (Å²) in [5.74, 6) is 0.196. The Labute approximate surface area is 101 Å². The third kappa shape index (κ3) is 1.27. The summed E-state index contributed by atoms with van der Waals surface area (Å²) in [6, 6.07) is 8.46. The Hall–Kier alpha value is -1.38. The van der Waals surface area contributed by atoms with Gasteiger partial charge in [-0.15, -0.1) is 0 Å². The summed E-state index contributed by atoms with van der Waals surface area (Å²) >= 11 is 12.0. The van der Waals surface area contributed by atoms with E-state index < -0.39 is 0 Å². The molecular weight excluding hydrogens is 247 g/mol. The number of aromatic hydroxyl groups is 1. The third-order valence-corrected chi connectivity index (χ3v) is 3.30. The molecule has 80 valence electrons. The predicted molar refractivity (Wildman–Crippen MR) is 65.4 cm³/mol. The van der Waals surface area contributed by atoms with Gasteiger partial charge in [0.05, 0.1) is 5.02 Å². The second-order valence-electron chi connectivity index (χ2n) is 3.52. The van der Waals surface area contributed by atoms with Crippen molar-refractivity contribution in [3.05, 3.63) is 40.4 Å². The number of fused-ring (bicyclic) bond motifs is 3. The fourth-order valence-corrected chi connectivity index (χ4v) is 2.12. The Balaban J connectivity index is 2.56. The second kappa shape index (κ2) is 3.30. The summed E-state index contributed by atoms with van der Waals surface area (Å²) in [4.78, 5) is 0. The molecule has 0 aliphatic heterocycles. The summed E-state index contributed by atoms with van der Waals surface area (Å²) < 4.78 is 5.59. The minimum absolute atomic E-state index is 0.196. The molecule has 16 heavy (non-hydrogen) atoms. The Morgan fingerprint density at radius 3 is 2.62 bits per heavy atom. The first kappa shape index (κ1) is 9.82. The molecule has 3 aromatic rings. The fourth-order valence-electron chi connectivity index (χ4n) is 1.77. The average Bonchev–Trinajstić information content (AvgIpc) is 2.62. The number of hydrogen-bond donors (Lipinski definition) is 1. The highest BCUT2D eigenvalue weighted by atomic mass is 35.5. The maximum absolute atomic E-state index is 9.43. The van der Waals surface area contributed by atoms with Gasteiger partial charge in [0.15, 0.2) is 5.58 Å². The number of phenolic OH excluding ortho intramolecular Hbond substituents is 1. The van der Waals surface area contributed by atoms with Gasteiger partial charge in [0, 0.05) is 10.8 Å². The van der Waals surface area contributed by atoms with Gasteiger partial charge in [0.1, 0.15) is 16.4 Å². The standard InChI is InChI=1S/C12H6Cl2O2/c13-9-3-2-7-8-5-6(15)1-4-10(8)16-12(7)11(9)14/h1-5,15H. The first-order chi connectivity index (χ1) is 7.66. The van der Waals surface area contributed by atoms with E-state index >= 15 is 0 Å². The largest absolute Gasteiger partial charge is 0.508 e. The molecule has 0 saturated heterocycles. The summed E-state index contributed by atoms with van der Waals surface area (Å²) in [7, 11) is 0. The van der Waals surface area contributed by atoms with Crippen LogP contribution in [0.5, 0.6) is 5.75 Å². The Morgan fingerprint density at radius 1 is 1.00 bits per heavy atom. The lowest BCUT2D eigenvalue weighted by molar-refractivity contribution is 0.476. The van der Waals surface area contributed by atoms with Crippen molar-refractivity contribution < 1.29 is 9.52 Å². The van der Waals surface area contributed by atoms with Crippen molar-refractivity contribution in [3.8, 4) is 5.75 Å². The number of rotatable bonds is 0. The van der Waals surface area contributed by atoms with Crippen LogP contribution in [-0.4, -0.2) is 5.11 Å². The molecule has 0 spiro atoms. The highest BCUT2D eigenvalue weighted by Crippen LogP contribution is 2.37. The Morgan fingerprint density at radius 2 is 1.81 bits per heavy atom. The van der Waals surface area contributed by atoms with Gasteiger partial charge in [0.25, 0.3) is 0 Å². The van der Waals surface area contributed by atoms with Crippen LogP contribution in [0.4, 0.5) is 0 Å². The van der Waals surface area contributed by atoms with Crippen LogP contribution in [0, 0.1) is 0 Å². The number of phenols is 1. The number of hydrogen-bond acceptors (Lipinski definition) is 2. The number of benzene rings is 2. The molecule has 0 amide bonds. The molecule has 1 heterocycles. The molecule has 0 unspecified atom stereocenters. The van der Waals surface area contributed by atoms with E-state index in [0.717, 1.165) is 10.8 Å². The molecule has 0 aliphatic rings. The van der Waals surface area contributed by atoms with Gasteiger partial charge in [-0.05, 0) is 30.3 Å². The van der Waals surface area contributed by atoms with Gasteiger partial charge in [-0.25, -0.2) is 0 Å². The van der Waals surface area contributed by atoms with E-state index in [1.165, 1.54) is 0 Å². The van der Waals surface area contributed by atoms with Gasteiger partial charge in [-0.1, -0.05) is 23.2 Å². The topological polar surface area (TPSA) is 33.4 Å². The summed E-state index contributed by atoms with van der Waals surface area (Å²) in [5.41, 5.74) is 1.23. The van der Waals surface area contributed by atoms with Crippen LogP contribution >= 0.6 is 23.2 Å². The van der Waals surface area contributed by atoms with Gasteiger partial charge in [0.2, 0.25) is 0 Å². The van der Waals surface area contributed by atoms with Crippen LogP contribution in [0.3, 0.4) is 0 Å². The molecule has 0 radical (unpaired) electrons. The van der Waals surface area contributed by atoms with Crippen molar-refractivity contribution in [3.63, 3.8) is 0 Å². The minimum Gasteiger partial charge on any atom is -0.508 e. The van der Waals surface area contributed by atoms with E-state index in [1.807, 2.05) is 6.07 Å². The molecule has 1 aromatic heterocycles. The zero-order valence-corrected chi connectivity index (χ0v) is 9.51. The van der Waals surface area contributed by atoms with E-state index in [2.05, 4.69) is 0 Å². The zero-order chi connectivity index (χ0) is 11.3. The third-order valence-electron chi connectivity index (χ3n) is 2.52. The minimum atomic E-state index is 0.196. The molecule has 0 saturated carbocycles. The number of halogens is 2. The Kier molecular flexibility index (Phi) is 2.03. The van der Waals surface area contributed by atoms with Crippen molar-refractivity contribution in [1.82, 2.24) is 0 Å². The first-order valence-corrected chi connectivity index (χ1v) is 5.41. The van der Waals surface area contributed by atoms with Gasteiger partial charge >= 0.3 is 0 Å². The van der Waals surface area contributed by atoms with E-state index in [0.29, 0.717) is 21.2 Å². The normalized spacial score (nSPS) is 11.4. The van der Waals surface area contributed by atoms with Crippen LogP contribution in [-0.2, 0) is 0 Å². The fraction of sp³-hybridized carbons (Fsp3) is 0. The number of furan rings is 1. The van der Waals surface area contributed by atoms with E-state index in [-0.39, 0.29) is 5.75 Å². The summed E-state index contributed by atoms with van der Waals surface area (Å²) in [6.07, 6.45) is 0. The van der Waals surface area contributed by atoms with E-state index in [1.54, 1.807) is 24.3 Å². The van der Waals surface area contributed by atoms with Crippen LogP contribution in [0.1, 0.15) is 0 Å². The lowest BCUT2D eigenvalue weighted by atomic mass is 10.1. The molecular formula is C12H6Cl2O2. The predicted octanol–water partition coefficient (Wildman–Crippen LogP) is 4.60. The quantitative estimate of drug-likeness (QED) is 0.635. The summed E-state index contributed by atoms with van der Waals surface area (Å²) in [5, 5.41) is 12.0. The molecule has 0 fully saturated rings. The van der Waals surface area contributed by atoms with E-state index in [9.17, 15) is 5.11 Å². The molecule has 4 heteroatoms. The van der Waals surface area contributed by atoms with Gasteiger partial charge in [-0.3, -0.25) is 0 Å². The van der Waals surface area contributed by atoms with E-state index in [4.69, 9.17) is 27.6 Å². The first-order valence-electron chi connectivity index (χ1n) is 4.66. The van der Waals surface area contributed by atoms with Crippen LogP contribution in [0.15, 0.2) is 34.7 Å². The van der Waals surface area contributed by atoms with Crippen LogP contribution < -0.4 is 0 Å². The average molecular weight is 253 g/mol. The SMILES string of the molecule is Oc1ccc2oc3c(Cl)c(Cl)ccc3c2c1. The zero-order valence-electron chi connectivity index (χ0n) is 8.00. The summed E-state index contributed by atoms with van der Waals surface area (Å²) in [6.45, 7) is 0. The molecule has 3 rings (SSSR count). The molecule has 0 atom stereocenters. The molecule has 2 aromatic carbocycles. The van der Waals surface area contributed by atoms with Crippen molar-refractivity contribution in [2.24, 2.45) is 0 Å². The monoisotopic (exact) mass is 252 g/mol. The molecule has 1 N–H and O–H groups in total. The highest BCUT2D eigenvalue weighted by Gasteiger charge is 2.12. The Bertz CT molecular complexity index is 701. The smallest absolute Gasteiger partial charge is 0.155 e. The van der Waals surface area contributed by atoms with Crippen molar-refractivity contribution in [2.45, 2.75) is 0 Å². The lowest BCUT2D eigenvalue weighted by Crippen LogP contribution is -1.70. The maximum Gasteiger partial charge on any atom is 0.155 e. The van der Waals surface area contributed by atoms with Crippen LogP contribution in [0.2, 0.25) is 10.0 Å². The van der Waals surface area contributed by atoms with Gasteiger partial charge in [-0.2, -0.15) is 0 Å².